The van der Waals surface area contributed by atoms with E-state index in [1.54, 1.807) is 4.90 Å². The number of hydrogen-bond donors (Lipinski definition) is 0. The van der Waals surface area contributed by atoms with Crippen LogP contribution < -0.4 is 4.74 Å². The third-order valence-electron chi connectivity index (χ3n) is 4.18. The maximum absolute atomic E-state index is 12.8. The first-order valence-corrected chi connectivity index (χ1v) is 9.67. The molecule has 0 saturated carbocycles. The summed E-state index contributed by atoms with van der Waals surface area (Å²) < 4.78 is 43.7. The number of amides is 1. The van der Waals surface area contributed by atoms with E-state index in [9.17, 15) is 17.6 Å². The number of likely N-dealkylation sites (tertiary alicyclic amines) is 1. The van der Waals surface area contributed by atoms with Gasteiger partial charge in [-0.05, 0) is 24.3 Å². The molecule has 3 rings (SSSR count). The van der Waals surface area contributed by atoms with Crippen molar-refractivity contribution in [1.29, 1.82) is 0 Å². The molecule has 1 aliphatic rings. The molecule has 27 heavy (non-hydrogen) atoms. The van der Waals surface area contributed by atoms with E-state index < -0.39 is 15.8 Å². The molecule has 8 nitrogen and oxygen atoms in total. The van der Waals surface area contributed by atoms with Crippen molar-refractivity contribution in [2.75, 3.05) is 27.2 Å². The summed E-state index contributed by atoms with van der Waals surface area (Å²) in [6.45, 7) is 0.833. The summed E-state index contributed by atoms with van der Waals surface area (Å²) in [5, 5.41) is 0. The fraction of sp³-hybridized carbons (Fsp3) is 0.353. The van der Waals surface area contributed by atoms with Crippen LogP contribution in [-0.2, 0) is 10.0 Å². The molecule has 2 aromatic rings. The van der Waals surface area contributed by atoms with Crippen LogP contribution in [0.25, 0.3) is 0 Å². The lowest BCUT2D eigenvalue weighted by molar-refractivity contribution is 0.0769. The van der Waals surface area contributed by atoms with Crippen LogP contribution in [-0.4, -0.2) is 66.8 Å². The molecule has 0 spiro atoms. The predicted molar refractivity (Wildman–Crippen MR) is 94.2 cm³/mol. The molecule has 1 saturated heterocycles. The minimum Gasteiger partial charge on any atom is -0.458 e. The number of hydrogen-bond acceptors (Lipinski definition) is 6. The van der Waals surface area contributed by atoms with Gasteiger partial charge in [0.05, 0.1) is 23.8 Å². The minimum atomic E-state index is -3.54. The molecule has 0 N–H and O–H groups in total. The molecule has 1 aliphatic heterocycles. The van der Waals surface area contributed by atoms with E-state index in [0.29, 0.717) is 25.1 Å². The van der Waals surface area contributed by atoms with Gasteiger partial charge < -0.3 is 9.64 Å². The van der Waals surface area contributed by atoms with Gasteiger partial charge in [-0.2, -0.15) is 0 Å². The van der Waals surface area contributed by atoms with E-state index >= 15 is 0 Å². The zero-order valence-electron chi connectivity index (χ0n) is 14.9. The number of sulfonamides is 1. The number of ether oxygens (including phenoxy) is 1. The van der Waals surface area contributed by atoms with Crippen LogP contribution in [0.5, 0.6) is 6.01 Å². The van der Waals surface area contributed by atoms with Crippen LogP contribution >= 0.6 is 0 Å². The van der Waals surface area contributed by atoms with Crippen molar-refractivity contribution >= 4 is 15.9 Å². The van der Waals surface area contributed by atoms with Gasteiger partial charge in [0, 0.05) is 32.6 Å². The lowest BCUT2D eigenvalue weighted by atomic mass is 10.2. The highest BCUT2D eigenvalue weighted by Gasteiger charge is 2.29. The van der Waals surface area contributed by atoms with Crippen LogP contribution in [0.4, 0.5) is 4.39 Å². The van der Waals surface area contributed by atoms with E-state index in [2.05, 4.69) is 9.97 Å². The van der Waals surface area contributed by atoms with E-state index in [1.807, 2.05) is 0 Å². The molecule has 1 atom stereocenters. The fourth-order valence-electron chi connectivity index (χ4n) is 2.68. The lowest BCUT2D eigenvalue weighted by Gasteiger charge is -2.17. The second kappa shape index (κ2) is 7.57. The largest absolute Gasteiger partial charge is 0.458 e. The highest BCUT2D eigenvalue weighted by molar-refractivity contribution is 7.89. The van der Waals surface area contributed by atoms with Crippen molar-refractivity contribution in [3.8, 4) is 6.01 Å². The Morgan fingerprint density at radius 3 is 2.44 bits per heavy atom. The molecule has 10 heteroatoms. The molecular weight excluding hydrogens is 375 g/mol. The maximum atomic E-state index is 12.8. The SMILES string of the molecule is CN(C)S(=O)(=O)c1ccc(C(=O)N2CCC(Oc3ncc(F)cn3)C2)cc1. The number of nitrogens with zero attached hydrogens (tertiary/aromatic N) is 4. The summed E-state index contributed by atoms with van der Waals surface area (Å²) in [7, 11) is -0.641. The fourth-order valence-corrected chi connectivity index (χ4v) is 3.58. The van der Waals surface area contributed by atoms with E-state index in [0.717, 1.165) is 16.7 Å². The summed E-state index contributed by atoms with van der Waals surface area (Å²) in [4.78, 5) is 21.8. The molecule has 1 unspecified atom stereocenters. The Bertz CT molecular complexity index is 917. The number of aromatic nitrogens is 2. The number of rotatable bonds is 5. The molecule has 2 heterocycles. The van der Waals surface area contributed by atoms with Crippen molar-refractivity contribution < 1.29 is 22.3 Å². The quantitative estimate of drug-likeness (QED) is 0.756. The standard InChI is InChI=1S/C17H19FN4O4S/c1-21(2)27(24,25)15-5-3-12(4-6-15)16(23)22-8-7-14(11-22)26-17-19-9-13(18)10-20-17/h3-6,9-10,14H,7-8,11H2,1-2H3. The van der Waals surface area contributed by atoms with Crippen molar-refractivity contribution in [2.24, 2.45) is 0 Å². The van der Waals surface area contributed by atoms with Gasteiger partial charge >= 0.3 is 6.01 Å². The van der Waals surface area contributed by atoms with Gasteiger partial charge in [-0.25, -0.2) is 27.1 Å². The van der Waals surface area contributed by atoms with Gasteiger partial charge in [0.1, 0.15) is 6.10 Å². The molecule has 1 amide bonds. The van der Waals surface area contributed by atoms with E-state index in [1.165, 1.54) is 38.4 Å². The van der Waals surface area contributed by atoms with Crippen molar-refractivity contribution in [2.45, 2.75) is 17.4 Å². The van der Waals surface area contributed by atoms with Gasteiger partial charge in [-0.1, -0.05) is 0 Å². The van der Waals surface area contributed by atoms with Crippen molar-refractivity contribution in [1.82, 2.24) is 19.2 Å². The summed E-state index contributed by atoms with van der Waals surface area (Å²) in [5.74, 6) is -0.764. The summed E-state index contributed by atoms with van der Waals surface area (Å²) in [6.07, 6.45) is 2.35. The third-order valence-corrected chi connectivity index (χ3v) is 6.01. The van der Waals surface area contributed by atoms with Crippen LogP contribution in [0.1, 0.15) is 16.8 Å². The monoisotopic (exact) mass is 394 g/mol. The molecule has 144 valence electrons. The molecule has 0 bridgehead atoms. The van der Waals surface area contributed by atoms with E-state index in [-0.39, 0.29) is 22.9 Å². The van der Waals surface area contributed by atoms with Gasteiger partial charge in [0.25, 0.3) is 5.91 Å². The number of carbonyl (C=O) groups excluding carboxylic acids is 1. The Balaban J connectivity index is 1.64. The molecule has 1 aromatic carbocycles. The summed E-state index contributed by atoms with van der Waals surface area (Å²) in [6, 6.07) is 5.89. The summed E-state index contributed by atoms with van der Waals surface area (Å²) >= 11 is 0. The van der Waals surface area contributed by atoms with Gasteiger partial charge in [0.15, 0.2) is 5.82 Å². The highest BCUT2D eigenvalue weighted by atomic mass is 32.2. The Labute approximate surface area is 156 Å². The topological polar surface area (TPSA) is 92.7 Å². The highest BCUT2D eigenvalue weighted by Crippen LogP contribution is 2.19. The smallest absolute Gasteiger partial charge is 0.316 e. The average Bonchev–Trinajstić information content (AvgIpc) is 3.11. The molecular formula is C17H19FN4O4S. The first-order chi connectivity index (χ1) is 12.8. The van der Waals surface area contributed by atoms with Gasteiger partial charge in [-0.3, -0.25) is 4.79 Å². The van der Waals surface area contributed by atoms with E-state index in [4.69, 9.17) is 4.74 Å². The lowest BCUT2D eigenvalue weighted by Crippen LogP contribution is -2.31. The number of benzene rings is 1. The zero-order chi connectivity index (χ0) is 19.6. The number of halogens is 1. The zero-order valence-corrected chi connectivity index (χ0v) is 15.7. The normalized spacial score (nSPS) is 17.3. The maximum Gasteiger partial charge on any atom is 0.316 e. The minimum absolute atomic E-state index is 0.0638. The molecule has 1 aromatic heterocycles. The van der Waals surface area contributed by atoms with Crippen LogP contribution in [0.15, 0.2) is 41.6 Å². The molecule has 0 aliphatic carbocycles. The van der Waals surface area contributed by atoms with Gasteiger partial charge in [0.2, 0.25) is 10.0 Å². The Hall–Kier alpha value is -2.59. The van der Waals surface area contributed by atoms with Gasteiger partial charge in [-0.15, -0.1) is 0 Å². The Morgan fingerprint density at radius 1 is 1.22 bits per heavy atom. The summed E-state index contributed by atoms with van der Waals surface area (Å²) in [5.41, 5.74) is 0.395. The molecule has 1 fully saturated rings. The Morgan fingerprint density at radius 2 is 1.85 bits per heavy atom. The first kappa shape index (κ1) is 19.2. The van der Waals surface area contributed by atoms with Crippen LogP contribution in [0, 0.1) is 5.82 Å². The Kier molecular flexibility index (Phi) is 5.38. The second-order valence-electron chi connectivity index (χ2n) is 6.28. The third kappa shape index (κ3) is 4.22. The molecule has 0 radical (unpaired) electrons. The second-order valence-corrected chi connectivity index (χ2v) is 8.43. The van der Waals surface area contributed by atoms with Crippen molar-refractivity contribution in [3.63, 3.8) is 0 Å². The van der Waals surface area contributed by atoms with Crippen molar-refractivity contribution in [3.05, 3.63) is 48.0 Å². The number of carbonyl (C=O) groups is 1. The average molecular weight is 394 g/mol. The van der Waals surface area contributed by atoms with Crippen LogP contribution in [0.3, 0.4) is 0 Å². The first-order valence-electron chi connectivity index (χ1n) is 8.23. The van der Waals surface area contributed by atoms with Crippen LogP contribution in [0.2, 0.25) is 0 Å². The predicted octanol–water partition coefficient (Wildman–Crippen LogP) is 1.16.